The fourth-order valence-corrected chi connectivity index (χ4v) is 0.790. The fraction of sp³-hybridized carbons (Fsp3) is 0.364. The molecule has 0 radical (unpaired) electrons. The van der Waals surface area contributed by atoms with Crippen LogP contribution in [0.2, 0.25) is 0 Å². The molecule has 5 heteroatoms. The molecule has 0 N–H and O–H groups in total. The summed E-state index contributed by atoms with van der Waals surface area (Å²) in [6.07, 6.45) is 1.91. The summed E-state index contributed by atoms with van der Waals surface area (Å²) >= 11 is 0. The van der Waals surface area contributed by atoms with Gasteiger partial charge in [-0.2, -0.15) is 0 Å². The lowest BCUT2D eigenvalue weighted by atomic mass is 10.2. The van der Waals surface area contributed by atoms with Crippen molar-refractivity contribution in [1.82, 2.24) is 0 Å². The molecule has 0 saturated carbocycles. The van der Waals surface area contributed by atoms with Gasteiger partial charge in [0.25, 0.3) is 0 Å². The van der Waals surface area contributed by atoms with Gasteiger partial charge in [0, 0.05) is 0 Å². The van der Waals surface area contributed by atoms with E-state index in [0.717, 1.165) is 0 Å². The van der Waals surface area contributed by atoms with Crippen LogP contribution in [0.1, 0.15) is 12.8 Å². The molecule has 0 atom stereocenters. The molecule has 0 saturated heterocycles. The number of Topliss-reactive ketones (excluding diaryl/α,β-unsaturated/α-hetero) is 1. The third kappa shape index (κ3) is 7.49. The van der Waals surface area contributed by atoms with Gasteiger partial charge in [-0.1, -0.05) is 25.3 Å². The van der Waals surface area contributed by atoms with Crippen molar-refractivity contribution in [2.75, 3.05) is 13.2 Å². The van der Waals surface area contributed by atoms with Gasteiger partial charge in [-0.3, -0.25) is 14.4 Å². The van der Waals surface area contributed by atoms with Crippen molar-refractivity contribution < 1.29 is 23.9 Å². The van der Waals surface area contributed by atoms with E-state index in [4.69, 9.17) is 0 Å². The molecule has 0 aliphatic carbocycles. The maximum Gasteiger partial charge on any atom is 0.313 e. The van der Waals surface area contributed by atoms with Gasteiger partial charge in [-0.15, -0.1) is 0 Å². The Hall–Kier alpha value is -1.91. The minimum absolute atomic E-state index is 0.0486. The van der Waals surface area contributed by atoms with Crippen LogP contribution in [0.3, 0.4) is 0 Å². The van der Waals surface area contributed by atoms with Crippen LogP contribution in [0, 0.1) is 0 Å². The first-order valence-electron chi connectivity index (χ1n) is 4.65. The number of carbonyl (C=O) groups is 3. The number of carbonyl (C=O) groups excluding carboxylic acids is 3. The SMILES string of the molecule is C=CCOC(=O)CC(=O)CC(=O)OCC=C. The zero-order valence-electron chi connectivity index (χ0n) is 8.94. The first-order chi connectivity index (χ1) is 7.60. The van der Waals surface area contributed by atoms with Gasteiger partial charge >= 0.3 is 11.9 Å². The summed E-state index contributed by atoms with van der Waals surface area (Å²) < 4.78 is 9.16. The normalized spacial score (nSPS) is 9.00. The van der Waals surface area contributed by atoms with Crippen molar-refractivity contribution in [2.24, 2.45) is 0 Å². The predicted octanol–water partition coefficient (Wildman–Crippen LogP) is 0.794. The average Bonchev–Trinajstić information content (AvgIpc) is 2.23. The van der Waals surface area contributed by atoms with E-state index in [1.165, 1.54) is 12.2 Å². The number of ketones is 1. The molecule has 0 aromatic carbocycles. The van der Waals surface area contributed by atoms with Crippen LogP contribution >= 0.6 is 0 Å². The lowest BCUT2D eigenvalue weighted by Crippen LogP contribution is -2.16. The van der Waals surface area contributed by atoms with Crippen LogP contribution in [0.5, 0.6) is 0 Å². The molecule has 0 rings (SSSR count). The van der Waals surface area contributed by atoms with E-state index in [9.17, 15) is 14.4 Å². The van der Waals surface area contributed by atoms with Crippen LogP contribution in [-0.4, -0.2) is 30.9 Å². The summed E-state index contributed by atoms with van der Waals surface area (Å²) in [4.78, 5) is 33.0. The van der Waals surface area contributed by atoms with Crippen molar-refractivity contribution in [2.45, 2.75) is 12.8 Å². The number of hydrogen-bond donors (Lipinski definition) is 0. The molecule has 0 spiro atoms. The molecule has 0 bridgehead atoms. The topological polar surface area (TPSA) is 69.7 Å². The Morgan fingerprint density at radius 3 is 1.56 bits per heavy atom. The molecule has 5 nitrogen and oxygen atoms in total. The molecule has 0 unspecified atom stereocenters. The Labute approximate surface area is 93.7 Å². The minimum Gasteiger partial charge on any atom is -0.461 e. The fourth-order valence-electron chi connectivity index (χ4n) is 0.790. The highest BCUT2D eigenvalue weighted by atomic mass is 16.5. The Kier molecular flexibility index (Phi) is 7.40. The van der Waals surface area contributed by atoms with E-state index < -0.39 is 30.6 Å². The Morgan fingerprint density at radius 2 is 1.25 bits per heavy atom. The lowest BCUT2D eigenvalue weighted by Gasteiger charge is -2.02. The van der Waals surface area contributed by atoms with Crippen LogP contribution in [0.25, 0.3) is 0 Å². The smallest absolute Gasteiger partial charge is 0.313 e. The van der Waals surface area contributed by atoms with Crippen molar-refractivity contribution >= 4 is 17.7 Å². The largest absolute Gasteiger partial charge is 0.461 e. The molecule has 0 aromatic rings. The van der Waals surface area contributed by atoms with E-state index in [2.05, 4.69) is 22.6 Å². The highest BCUT2D eigenvalue weighted by Crippen LogP contribution is 1.96. The molecule has 16 heavy (non-hydrogen) atoms. The Balaban J connectivity index is 3.80. The quantitative estimate of drug-likeness (QED) is 0.348. The van der Waals surface area contributed by atoms with Gasteiger partial charge in [0.15, 0.2) is 5.78 Å². The molecule has 0 aromatic heterocycles. The van der Waals surface area contributed by atoms with Crippen molar-refractivity contribution in [3.63, 3.8) is 0 Å². The highest BCUT2D eigenvalue weighted by Gasteiger charge is 2.15. The van der Waals surface area contributed by atoms with E-state index >= 15 is 0 Å². The second-order valence-corrected chi connectivity index (χ2v) is 2.84. The number of esters is 2. The van der Waals surface area contributed by atoms with Crippen LogP contribution < -0.4 is 0 Å². The third-order valence-corrected chi connectivity index (χ3v) is 1.41. The molecule has 0 amide bonds. The number of rotatable bonds is 8. The summed E-state index contributed by atoms with van der Waals surface area (Å²) in [6.45, 7) is 6.79. The van der Waals surface area contributed by atoms with Crippen LogP contribution in [-0.2, 0) is 23.9 Å². The van der Waals surface area contributed by atoms with Crippen molar-refractivity contribution in [1.29, 1.82) is 0 Å². The monoisotopic (exact) mass is 226 g/mol. The third-order valence-electron chi connectivity index (χ3n) is 1.41. The zero-order valence-corrected chi connectivity index (χ0v) is 8.94. The minimum atomic E-state index is -0.679. The van der Waals surface area contributed by atoms with E-state index in [-0.39, 0.29) is 13.2 Å². The van der Waals surface area contributed by atoms with Crippen molar-refractivity contribution in [3.8, 4) is 0 Å². The summed E-state index contributed by atoms with van der Waals surface area (Å²) in [5, 5.41) is 0. The zero-order chi connectivity index (χ0) is 12.4. The standard InChI is InChI=1S/C11H14O5/c1-3-5-15-10(13)7-9(12)8-11(14)16-6-4-2/h3-4H,1-2,5-8H2. The second kappa shape index (κ2) is 8.40. The van der Waals surface area contributed by atoms with E-state index in [1.807, 2.05) is 0 Å². The first-order valence-corrected chi connectivity index (χ1v) is 4.65. The number of hydrogen-bond acceptors (Lipinski definition) is 5. The van der Waals surface area contributed by atoms with Crippen LogP contribution in [0.15, 0.2) is 25.3 Å². The molecule has 0 aliphatic heterocycles. The average molecular weight is 226 g/mol. The van der Waals surface area contributed by atoms with Gasteiger partial charge in [0.05, 0.1) is 0 Å². The van der Waals surface area contributed by atoms with Gasteiger partial charge in [-0.05, 0) is 0 Å². The summed E-state index contributed by atoms with van der Waals surface area (Å²) in [5.74, 6) is -1.90. The summed E-state index contributed by atoms with van der Waals surface area (Å²) in [6, 6.07) is 0. The molecular formula is C11H14O5. The maximum atomic E-state index is 11.1. The lowest BCUT2D eigenvalue weighted by molar-refractivity contribution is -0.147. The molecular weight excluding hydrogens is 212 g/mol. The molecule has 0 heterocycles. The van der Waals surface area contributed by atoms with E-state index in [0.29, 0.717) is 0 Å². The maximum absolute atomic E-state index is 11.1. The second-order valence-electron chi connectivity index (χ2n) is 2.84. The van der Waals surface area contributed by atoms with Gasteiger partial charge in [0.1, 0.15) is 26.1 Å². The highest BCUT2D eigenvalue weighted by molar-refractivity contribution is 6.03. The first kappa shape index (κ1) is 14.1. The molecule has 88 valence electrons. The predicted molar refractivity (Wildman–Crippen MR) is 56.6 cm³/mol. The van der Waals surface area contributed by atoms with Gasteiger partial charge < -0.3 is 9.47 Å². The Bertz CT molecular complexity index is 265. The van der Waals surface area contributed by atoms with Crippen molar-refractivity contribution in [3.05, 3.63) is 25.3 Å². The summed E-state index contributed by atoms with van der Waals surface area (Å²) in [5.41, 5.74) is 0. The molecule has 0 aliphatic rings. The molecule has 0 fully saturated rings. The number of ether oxygens (including phenoxy) is 2. The van der Waals surface area contributed by atoms with Gasteiger partial charge in [-0.25, -0.2) is 0 Å². The van der Waals surface area contributed by atoms with Crippen LogP contribution in [0.4, 0.5) is 0 Å². The Morgan fingerprint density at radius 1 is 0.875 bits per heavy atom. The van der Waals surface area contributed by atoms with Gasteiger partial charge in [0.2, 0.25) is 0 Å². The van der Waals surface area contributed by atoms with E-state index in [1.54, 1.807) is 0 Å². The summed E-state index contributed by atoms with van der Waals surface area (Å²) in [7, 11) is 0.